The van der Waals surface area contributed by atoms with E-state index in [1.165, 1.54) is 4.90 Å². The number of carbonyl (C=O) groups is 2. The summed E-state index contributed by atoms with van der Waals surface area (Å²) in [5, 5.41) is 8.92. The number of nitrogens with two attached hydrogens (primary N) is 1. The highest BCUT2D eigenvalue weighted by molar-refractivity contribution is 5.85. The highest BCUT2D eigenvalue weighted by Gasteiger charge is 2.36. The van der Waals surface area contributed by atoms with Gasteiger partial charge in [0, 0.05) is 19.4 Å². The molecule has 0 aliphatic carbocycles. The molecule has 0 saturated carbocycles. The Bertz CT molecular complexity index is 308. The number of terminal acetylenes is 1. The quantitative estimate of drug-likeness (QED) is 0.599. The minimum Gasteiger partial charge on any atom is -0.480 e. The van der Waals surface area contributed by atoms with E-state index in [2.05, 4.69) is 5.92 Å². The lowest BCUT2D eigenvalue weighted by molar-refractivity contribution is -0.148. The van der Waals surface area contributed by atoms with Gasteiger partial charge in [0.25, 0.3) is 0 Å². The van der Waals surface area contributed by atoms with Gasteiger partial charge in [-0.3, -0.25) is 4.79 Å². The summed E-state index contributed by atoms with van der Waals surface area (Å²) in [4.78, 5) is 23.7. The van der Waals surface area contributed by atoms with Crippen molar-refractivity contribution in [2.24, 2.45) is 11.7 Å². The molecule has 5 nitrogen and oxygen atoms in total. The van der Waals surface area contributed by atoms with Crippen LogP contribution in [0.3, 0.4) is 0 Å². The summed E-state index contributed by atoms with van der Waals surface area (Å²) in [7, 11) is 0. The molecule has 0 aromatic heterocycles. The first-order chi connectivity index (χ1) is 7.10. The largest absolute Gasteiger partial charge is 0.480 e. The average molecular weight is 210 g/mol. The number of likely N-dealkylation sites (tertiary alicyclic amines) is 1. The van der Waals surface area contributed by atoms with Gasteiger partial charge in [-0.15, -0.1) is 12.3 Å². The van der Waals surface area contributed by atoms with Crippen LogP contribution < -0.4 is 5.73 Å². The van der Waals surface area contributed by atoms with E-state index in [0.29, 0.717) is 19.5 Å². The van der Waals surface area contributed by atoms with Crippen LogP contribution in [0, 0.1) is 18.3 Å². The predicted octanol–water partition coefficient (Wildman–Crippen LogP) is -0.730. The fraction of sp³-hybridized carbons (Fsp3) is 0.600. The van der Waals surface area contributed by atoms with E-state index in [9.17, 15) is 9.59 Å². The molecule has 1 amide bonds. The highest BCUT2D eigenvalue weighted by Crippen LogP contribution is 2.20. The van der Waals surface area contributed by atoms with E-state index in [1.54, 1.807) is 0 Å². The summed E-state index contributed by atoms with van der Waals surface area (Å²) in [5.41, 5.74) is 5.44. The number of hydrogen-bond donors (Lipinski definition) is 2. The van der Waals surface area contributed by atoms with Crippen LogP contribution in [0.5, 0.6) is 0 Å². The van der Waals surface area contributed by atoms with Crippen LogP contribution in [0.15, 0.2) is 0 Å². The summed E-state index contributed by atoms with van der Waals surface area (Å²) in [6.45, 7) is 0.790. The van der Waals surface area contributed by atoms with Gasteiger partial charge in [-0.2, -0.15) is 0 Å². The molecule has 1 aliphatic heterocycles. The van der Waals surface area contributed by atoms with E-state index in [0.717, 1.165) is 0 Å². The van der Waals surface area contributed by atoms with Crippen LogP contribution in [-0.4, -0.2) is 41.0 Å². The molecule has 1 fully saturated rings. The SMILES string of the molecule is C#CC[C@H](C(=O)O)N1CC(CN)CC1=O. The van der Waals surface area contributed by atoms with E-state index in [1.807, 2.05) is 0 Å². The fourth-order valence-corrected chi connectivity index (χ4v) is 1.71. The lowest BCUT2D eigenvalue weighted by Gasteiger charge is -2.22. The van der Waals surface area contributed by atoms with Crippen molar-refractivity contribution in [3.05, 3.63) is 0 Å². The number of aliphatic carboxylic acids is 1. The van der Waals surface area contributed by atoms with Crippen LogP contribution in [-0.2, 0) is 9.59 Å². The zero-order valence-corrected chi connectivity index (χ0v) is 8.35. The van der Waals surface area contributed by atoms with Gasteiger partial charge in [0.05, 0.1) is 0 Å². The third-order valence-corrected chi connectivity index (χ3v) is 2.54. The molecule has 0 aromatic carbocycles. The molecule has 1 unspecified atom stereocenters. The number of carbonyl (C=O) groups excluding carboxylic acids is 1. The molecule has 1 rings (SSSR count). The third-order valence-electron chi connectivity index (χ3n) is 2.54. The second-order valence-corrected chi connectivity index (χ2v) is 3.61. The molecule has 1 aliphatic rings. The fourth-order valence-electron chi connectivity index (χ4n) is 1.71. The number of hydrogen-bond acceptors (Lipinski definition) is 3. The van der Waals surface area contributed by atoms with Crippen molar-refractivity contribution < 1.29 is 14.7 Å². The highest BCUT2D eigenvalue weighted by atomic mass is 16.4. The van der Waals surface area contributed by atoms with Gasteiger partial charge in [-0.05, 0) is 12.5 Å². The number of carboxylic acids is 1. The second kappa shape index (κ2) is 4.80. The molecule has 2 atom stereocenters. The Kier molecular flexibility index (Phi) is 3.69. The van der Waals surface area contributed by atoms with Crippen molar-refractivity contribution in [3.8, 4) is 12.3 Å². The van der Waals surface area contributed by atoms with E-state index in [-0.39, 0.29) is 18.2 Å². The maximum absolute atomic E-state index is 11.5. The Hall–Kier alpha value is -1.54. The van der Waals surface area contributed by atoms with Gasteiger partial charge in [-0.1, -0.05) is 0 Å². The maximum atomic E-state index is 11.5. The zero-order valence-electron chi connectivity index (χ0n) is 8.35. The maximum Gasteiger partial charge on any atom is 0.327 e. The number of carboxylic acid groups (broad SMARTS) is 1. The molecule has 3 N–H and O–H groups in total. The molecular weight excluding hydrogens is 196 g/mol. The predicted molar refractivity (Wildman–Crippen MR) is 53.7 cm³/mol. The molecule has 15 heavy (non-hydrogen) atoms. The molecule has 82 valence electrons. The van der Waals surface area contributed by atoms with Crippen molar-refractivity contribution in [2.75, 3.05) is 13.1 Å². The molecule has 5 heteroatoms. The molecule has 0 aromatic rings. The first kappa shape index (κ1) is 11.5. The topological polar surface area (TPSA) is 83.6 Å². The number of rotatable bonds is 4. The van der Waals surface area contributed by atoms with Gasteiger partial charge >= 0.3 is 5.97 Å². The lowest BCUT2D eigenvalue weighted by Crippen LogP contribution is -2.42. The third kappa shape index (κ3) is 2.48. The molecular formula is C10H14N2O3. The Balaban J connectivity index is 2.73. The van der Waals surface area contributed by atoms with Gasteiger partial charge in [0.15, 0.2) is 0 Å². The van der Waals surface area contributed by atoms with Gasteiger partial charge in [0.1, 0.15) is 6.04 Å². The monoisotopic (exact) mass is 210 g/mol. The van der Waals surface area contributed by atoms with Gasteiger partial charge < -0.3 is 15.7 Å². The molecule has 1 saturated heterocycles. The van der Waals surface area contributed by atoms with Gasteiger partial charge in [-0.25, -0.2) is 4.79 Å². The summed E-state index contributed by atoms with van der Waals surface area (Å²) >= 11 is 0. The minimum absolute atomic E-state index is 0.0400. The lowest BCUT2D eigenvalue weighted by atomic mass is 10.1. The average Bonchev–Trinajstić information content (AvgIpc) is 2.55. The molecule has 0 bridgehead atoms. The van der Waals surface area contributed by atoms with Crippen LogP contribution in [0.25, 0.3) is 0 Å². The summed E-state index contributed by atoms with van der Waals surface area (Å²) in [6.07, 6.45) is 5.44. The van der Waals surface area contributed by atoms with Crippen LogP contribution in [0.4, 0.5) is 0 Å². The van der Waals surface area contributed by atoms with Crippen LogP contribution >= 0.6 is 0 Å². The Morgan fingerprint density at radius 3 is 2.87 bits per heavy atom. The van der Waals surface area contributed by atoms with E-state index < -0.39 is 12.0 Å². The first-order valence-corrected chi connectivity index (χ1v) is 4.76. The van der Waals surface area contributed by atoms with Crippen LogP contribution in [0.1, 0.15) is 12.8 Å². The summed E-state index contributed by atoms with van der Waals surface area (Å²) in [5.74, 6) is 1.10. The first-order valence-electron chi connectivity index (χ1n) is 4.76. The molecule has 0 spiro atoms. The van der Waals surface area contributed by atoms with Crippen molar-refractivity contribution in [1.82, 2.24) is 4.90 Å². The van der Waals surface area contributed by atoms with Crippen molar-refractivity contribution >= 4 is 11.9 Å². The zero-order chi connectivity index (χ0) is 11.4. The van der Waals surface area contributed by atoms with Crippen molar-refractivity contribution in [3.63, 3.8) is 0 Å². The van der Waals surface area contributed by atoms with E-state index >= 15 is 0 Å². The smallest absolute Gasteiger partial charge is 0.327 e. The normalized spacial score (nSPS) is 22.5. The molecule has 1 heterocycles. The van der Waals surface area contributed by atoms with Gasteiger partial charge in [0.2, 0.25) is 5.91 Å². The second-order valence-electron chi connectivity index (χ2n) is 3.61. The Morgan fingerprint density at radius 2 is 2.47 bits per heavy atom. The summed E-state index contributed by atoms with van der Waals surface area (Å²) in [6, 6.07) is -0.904. The molecule has 0 radical (unpaired) electrons. The Labute approximate surface area is 88.2 Å². The number of nitrogens with zero attached hydrogens (tertiary/aromatic N) is 1. The van der Waals surface area contributed by atoms with E-state index in [4.69, 9.17) is 17.3 Å². The van der Waals surface area contributed by atoms with Crippen LogP contribution in [0.2, 0.25) is 0 Å². The van der Waals surface area contributed by atoms with Crippen molar-refractivity contribution in [1.29, 1.82) is 0 Å². The van der Waals surface area contributed by atoms with Crippen molar-refractivity contribution in [2.45, 2.75) is 18.9 Å². The number of amides is 1. The Morgan fingerprint density at radius 1 is 1.80 bits per heavy atom. The summed E-state index contributed by atoms with van der Waals surface area (Å²) < 4.78 is 0. The minimum atomic E-state index is -1.06. The standard InChI is InChI=1S/C10H14N2O3/c1-2-3-8(10(14)15)12-6-7(5-11)4-9(12)13/h1,7-8H,3-6,11H2,(H,14,15)/t7?,8-/m1/s1.